The van der Waals surface area contributed by atoms with Gasteiger partial charge in [-0.2, -0.15) is 0 Å². The van der Waals surface area contributed by atoms with E-state index in [1.54, 1.807) is 0 Å². The number of para-hydroxylation sites is 1. The second-order valence-corrected chi connectivity index (χ2v) is 13.6. The minimum Gasteiger partial charge on any atom is -0.247 e. The highest BCUT2D eigenvalue weighted by molar-refractivity contribution is 6.18. The van der Waals surface area contributed by atoms with Crippen LogP contribution in [-0.2, 0) is 0 Å². The zero-order valence-corrected chi connectivity index (χ0v) is 29.4. The average molecular weight is 688 g/mol. The van der Waals surface area contributed by atoms with E-state index < -0.39 is 0 Å². The van der Waals surface area contributed by atoms with E-state index in [4.69, 9.17) is 15.0 Å². The number of pyridine rings is 1. The Morgan fingerprint density at radius 3 is 1.63 bits per heavy atom. The molecule has 0 unspecified atom stereocenters. The third-order valence-corrected chi connectivity index (χ3v) is 10.3. The van der Waals surface area contributed by atoms with Gasteiger partial charge in [0.05, 0.1) is 22.6 Å². The SMILES string of the molecule is c1ccc(-c2cc(-c3ccc(-c4cccc(-c5cccc6c(-c7cccc8ccccc78)nc7ccccc7c56)c4)cc3)nc(-c3ccccc3)n2)cc1. The molecule has 0 saturated heterocycles. The minimum absolute atomic E-state index is 0.713. The molecule has 3 heteroatoms. The Balaban J connectivity index is 1.07. The van der Waals surface area contributed by atoms with Crippen molar-refractivity contribution in [1.29, 1.82) is 0 Å². The van der Waals surface area contributed by atoms with Gasteiger partial charge in [0.1, 0.15) is 0 Å². The molecule has 0 aliphatic carbocycles. The molecule has 0 radical (unpaired) electrons. The maximum absolute atomic E-state index is 5.29. The number of aromatic nitrogens is 3. The Bertz CT molecular complexity index is 2910. The molecule has 0 aliphatic rings. The summed E-state index contributed by atoms with van der Waals surface area (Å²) in [6.45, 7) is 0. The Morgan fingerprint density at radius 1 is 0.296 bits per heavy atom. The van der Waals surface area contributed by atoms with Gasteiger partial charge in [0.25, 0.3) is 0 Å². The topological polar surface area (TPSA) is 38.7 Å². The van der Waals surface area contributed by atoms with Crippen LogP contribution in [-0.4, -0.2) is 15.0 Å². The first-order valence-corrected chi connectivity index (χ1v) is 18.3. The molecular formula is C51H33N3. The lowest BCUT2D eigenvalue weighted by molar-refractivity contribution is 1.18. The molecule has 0 amide bonds. The lowest BCUT2D eigenvalue weighted by Crippen LogP contribution is -1.95. The van der Waals surface area contributed by atoms with Gasteiger partial charge in [-0.3, -0.25) is 0 Å². The molecule has 10 rings (SSSR count). The quantitative estimate of drug-likeness (QED) is 0.163. The smallest absolute Gasteiger partial charge is 0.160 e. The van der Waals surface area contributed by atoms with Gasteiger partial charge in [0.2, 0.25) is 0 Å². The van der Waals surface area contributed by atoms with E-state index in [2.05, 4.69) is 164 Å². The van der Waals surface area contributed by atoms with Crippen LogP contribution in [0.25, 0.3) is 99.9 Å². The number of nitrogens with zero attached hydrogens (tertiary/aromatic N) is 3. The summed E-state index contributed by atoms with van der Waals surface area (Å²) in [4.78, 5) is 15.3. The first-order chi connectivity index (χ1) is 26.8. The van der Waals surface area contributed by atoms with Crippen molar-refractivity contribution in [3.05, 3.63) is 200 Å². The molecule has 54 heavy (non-hydrogen) atoms. The highest BCUT2D eigenvalue weighted by atomic mass is 14.9. The zero-order chi connectivity index (χ0) is 35.8. The van der Waals surface area contributed by atoms with Gasteiger partial charge in [-0.25, -0.2) is 15.0 Å². The molecule has 3 nitrogen and oxygen atoms in total. The minimum atomic E-state index is 0.713. The van der Waals surface area contributed by atoms with Crippen LogP contribution in [0.4, 0.5) is 0 Å². The van der Waals surface area contributed by atoms with E-state index in [0.29, 0.717) is 5.82 Å². The number of rotatable bonds is 6. The summed E-state index contributed by atoms with van der Waals surface area (Å²) in [7, 11) is 0. The summed E-state index contributed by atoms with van der Waals surface area (Å²) in [5.41, 5.74) is 12.7. The molecule has 0 atom stereocenters. The second kappa shape index (κ2) is 13.4. The zero-order valence-electron chi connectivity index (χ0n) is 29.4. The van der Waals surface area contributed by atoms with Gasteiger partial charge in [-0.15, -0.1) is 0 Å². The van der Waals surface area contributed by atoms with E-state index in [1.807, 2.05) is 36.4 Å². The third kappa shape index (κ3) is 5.69. The Morgan fingerprint density at radius 2 is 0.833 bits per heavy atom. The standard InChI is InChI=1S/C51H33N3/c1-3-15-36(16-4-1)47-33-48(54-51(53-47)38-17-5-2-6-18-38)37-30-28-34(29-31-37)39-20-11-21-40(32-39)42-24-13-26-45-49(42)44-23-9-10-27-46(44)52-50(45)43-25-12-19-35-14-7-8-22-41(35)43/h1-33H. The maximum atomic E-state index is 5.29. The number of hydrogen-bond donors (Lipinski definition) is 0. The number of benzene rings is 8. The van der Waals surface area contributed by atoms with E-state index in [0.717, 1.165) is 66.8 Å². The number of hydrogen-bond acceptors (Lipinski definition) is 3. The van der Waals surface area contributed by atoms with Crippen molar-refractivity contribution in [3.63, 3.8) is 0 Å². The van der Waals surface area contributed by atoms with Crippen LogP contribution in [0.15, 0.2) is 200 Å². The Labute approximate surface area is 313 Å². The molecule has 8 aromatic carbocycles. The number of fused-ring (bicyclic) bond motifs is 4. The molecule has 0 spiro atoms. The molecule has 0 saturated carbocycles. The van der Waals surface area contributed by atoms with Crippen LogP contribution in [0.3, 0.4) is 0 Å². The van der Waals surface area contributed by atoms with Gasteiger partial charge in [0, 0.05) is 38.4 Å². The molecule has 2 aromatic heterocycles. The summed E-state index contributed by atoms with van der Waals surface area (Å²) in [5, 5.41) is 5.92. The highest BCUT2D eigenvalue weighted by Crippen LogP contribution is 2.41. The van der Waals surface area contributed by atoms with Crippen molar-refractivity contribution in [1.82, 2.24) is 15.0 Å². The fraction of sp³-hybridized carbons (Fsp3) is 0. The van der Waals surface area contributed by atoms with Crippen molar-refractivity contribution in [2.45, 2.75) is 0 Å². The molecule has 252 valence electrons. The van der Waals surface area contributed by atoms with Gasteiger partial charge in [-0.05, 0) is 51.2 Å². The summed E-state index contributed by atoms with van der Waals surface area (Å²) in [6, 6.07) is 70.4. The van der Waals surface area contributed by atoms with Crippen molar-refractivity contribution in [2.75, 3.05) is 0 Å². The highest BCUT2D eigenvalue weighted by Gasteiger charge is 2.17. The first-order valence-electron chi connectivity index (χ1n) is 18.3. The van der Waals surface area contributed by atoms with Gasteiger partial charge in [0.15, 0.2) is 5.82 Å². The van der Waals surface area contributed by atoms with E-state index in [-0.39, 0.29) is 0 Å². The third-order valence-electron chi connectivity index (χ3n) is 10.3. The monoisotopic (exact) mass is 687 g/mol. The molecular weight excluding hydrogens is 655 g/mol. The normalized spacial score (nSPS) is 11.3. The van der Waals surface area contributed by atoms with E-state index in [9.17, 15) is 0 Å². The summed E-state index contributed by atoms with van der Waals surface area (Å²) in [6.07, 6.45) is 0. The van der Waals surface area contributed by atoms with Gasteiger partial charge in [-0.1, -0.05) is 182 Å². The first kappa shape index (κ1) is 31.5. The van der Waals surface area contributed by atoms with Crippen molar-refractivity contribution >= 4 is 32.4 Å². The summed E-state index contributed by atoms with van der Waals surface area (Å²) in [5.74, 6) is 0.713. The predicted octanol–water partition coefficient (Wildman–Crippen LogP) is 13.3. The van der Waals surface area contributed by atoms with Crippen LogP contribution in [0.2, 0.25) is 0 Å². The van der Waals surface area contributed by atoms with Gasteiger partial charge >= 0.3 is 0 Å². The van der Waals surface area contributed by atoms with E-state index in [1.165, 1.54) is 27.3 Å². The molecule has 0 fully saturated rings. The van der Waals surface area contributed by atoms with Crippen molar-refractivity contribution in [3.8, 4) is 67.4 Å². The second-order valence-electron chi connectivity index (χ2n) is 13.6. The molecule has 0 aliphatic heterocycles. The van der Waals surface area contributed by atoms with Crippen LogP contribution in [0, 0.1) is 0 Å². The molecule has 10 aromatic rings. The van der Waals surface area contributed by atoms with Crippen LogP contribution < -0.4 is 0 Å². The van der Waals surface area contributed by atoms with Crippen molar-refractivity contribution in [2.24, 2.45) is 0 Å². The average Bonchev–Trinajstić information content (AvgIpc) is 3.26. The van der Waals surface area contributed by atoms with Gasteiger partial charge < -0.3 is 0 Å². The predicted molar refractivity (Wildman–Crippen MR) is 225 cm³/mol. The van der Waals surface area contributed by atoms with Crippen LogP contribution in [0.1, 0.15) is 0 Å². The fourth-order valence-electron chi connectivity index (χ4n) is 7.65. The van der Waals surface area contributed by atoms with E-state index >= 15 is 0 Å². The largest absolute Gasteiger partial charge is 0.247 e. The molecule has 0 N–H and O–H groups in total. The fourth-order valence-corrected chi connectivity index (χ4v) is 7.65. The Hall–Kier alpha value is -7.23. The van der Waals surface area contributed by atoms with Crippen molar-refractivity contribution < 1.29 is 0 Å². The summed E-state index contributed by atoms with van der Waals surface area (Å²) >= 11 is 0. The Kier molecular flexibility index (Phi) is 7.81. The molecule has 0 bridgehead atoms. The lowest BCUT2D eigenvalue weighted by atomic mass is 9.90. The molecule has 2 heterocycles. The van der Waals surface area contributed by atoms with Crippen LogP contribution >= 0.6 is 0 Å². The lowest BCUT2D eigenvalue weighted by Gasteiger charge is -2.16. The van der Waals surface area contributed by atoms with Crippen LogP contribution in [0.5, 0.6) is 0 Å². The maximum Gasteiger partial charge on any atom is 0.160 e. The summed E-state index contributed by atoms with van der Waals surface area (Å²) < 4.78 is 0.